The molecule has 0 aliphatic carbocycles. The second kappa shape index (κ2) is 5.31. The van der Waals surface area contributed by atoms with Gasteiger partial charge < -0.3 is 5.32 Å². The minimum atomic E-state index is -0.247. The zero-order valence-corrected chi connectivity index (χ0v) is 9.75. The van der Waals surface area contributed by atoms with E-state index in [1.54, 1.807) is 36.5 Å². The first-order valence-corrected chi connectivity index (χ1v) is 5.35. The van der Waals surface area contributed by atoms with Crippen LogP contribution in [0.2, 0.25) is 0 Å². The largest absolute Gasteiger partial charge is 0.345 e. The summed E-state index contributed by atoms with van der Waals surface area (Å²) >= 11 is 0. The van der Waals surface area contributed by atoms with Gasteiger partial charge in [-0.05, 0) is 24.3 Å². The van der Waals surface area contributed by atoms with Crippen LogP contribution in [0.25, 0.3) is 10.9 Å². The number of benzene rings is 1. The Morgan fingerprint density at radius 1 is 1.00 bits per heavy atom. The summed E-state index contributed by atoms with van der Waals surface area (Å²) in [5, 5.41) is 30.2. The van der Waals surface area contributed by atoms with E-state index < -0.39 is 0 Å². The first-order chi connectivity index (χ1) is 9.30. The van der Waals surface area contributed by atoms with Gasteiger partial charge >= 0.3 is 0 Å². The number of hydrogen-bond acceptors (Lipinski definition) is 5. The van der Waals surface area contributed by atoms with E-state index in [9.17, 15) is 0 Å². The third kappa shape index (κ3) is 2.34. The van der Waals surface area contributed by atoms with E-state index in [1.165, 1.54) is 0 Å². The molecule has 88 valence electrons. The van der Waals surface area contributed by atoms with E-state index in [0.717, 1.165) is 10.9 Å². The fourth-order valence-corrected chi connectivity index (χ4v) is 1.63. The zero-order valence-electron chi connectivity index (χ0n) is 9.75. The Morgan fingerprint density at radius 3 is 2.47 bits per heavy atom. The maximum absolute atomic E-state index is 9.00. The van der Waals surface area contributed by atoms with E-state index in [2.05, 4.69) is 10.3 Å². The summed E-state index contributed by atoms with van der Waals surface area (Å²) in [6, 6.07) is 14.2. The maximum Gasteiger partial charge on any atom is 0.163 e. The van der Waals surface area contributed by atoms with Gasteiger partial charge in [-0.25, -0.2) is 0 Å². The third-order valence-corrected chi connectivity index (χ3v) is 2.49. The molecule has 0 fully saturated rings. The highest BCUT2D eigenvalue weighted by molar-refractivity contribution is 5.92. The summed E-state index contributed by atoms with van der Waals surface area (Å²) < 4.78 is 0. The smallest absolute Gasteiger partial charge is 0.163 e. The second-order valence-electron chi connectivity index (χ2n) is 3.59. The molecule has 5 heteroatoms. The van der Waals surface area contributed by atoms with Crippen molar-refractivity contribution in [2.45, 2.75) is 0 Å². The molecular weight excluding hydrogens is 238 g/mol. The van der Waals surface area contributed by atoms with E-state index in [4.69, 9.17) is 15.8 Å². The molecule has 0 spiro atoms. The monoisotopic (exact) mass is 245 g/mol. The zero-order chi connectivity index (χ0) is 13.7. The Bertz CT molecular complexity index is 763. The highest BCUT2D eigenvalue weighted by Gasteiger charge is 2.08. The molecule has 1 N–H and O–H groups in total. The van der Waals surface area contributed by atoms with Gasteiger partial charge in [0.2, 0.25) is 0 Å². The molecular formula is C14H7N5. The van der Waals surface area contributed by atoms with Crippen LogP contribution in [0.15, 0.2) is 47.8 Å². The molecule has 2 rings (SSSR count). The second-order valence-corrected chi connectivity index (χ2v) is 3.59. The van der Waals surface area contributed by atoms with Crippen molar-refractivity contribution >= 4 is 16.6 Å². The average molecular weight is 245 g/mol. The van der Waals surface area contributed by atoms with Gasteiger partial charge in [-0.3, -0.25) is 4.98 Å². The molecule has 0 bridgehead atoms. The molecule has 1 aromatic heterocycles. The number of rotatable bonds is 2. The minimum Gasteiger partial charge on any atom is -0.345 e. The van der Waals surface area contributed by atoms with Crippen LogP contribution < -0.4 is 5.32 Å². The number of nitrogens with zero attached hydrogens (tertiary/aromatic N) is 4. The van der Waals surface area contributed by atoms with Crippen molar-refractivity contribution in [3.63, 3.8) is 0 Å². The highest BCUT2D eigenvalue weighted by atomic mass is 14.9. The fraction of sp³-hybridized carbons (Fsp3) is 0. The van der Waals surface area contributed by atoms with Crippen molar-refractivity contribution in [3.8, 4) is 18.2 Å². The normalized spacial score (nSPS) is 8.89. The number of aromatic nitrogens is 1. The van der Waals surface area contributed by atoms with Crippen molar-refractivity contribution < 1.29 is 0 Å². The molecule has 0 amide bonds. The highest BCUT2D eigenvalue weighted by Crippen LogP contribution is 2.23. The number of pyridine rings is 1. The quantitative estimate of drug-likeness (QED) is 0.820. The van der Waals surface area contributed by atoms with Gasteiger partial charge in [0.25, 0.3) is 0 Å². The Balaban J connectivity index is 2.54. The van der Waals surface area contributed by atoms with Gasteiger partial charge in [0.1, 0.15) is 23.9 Å². The van der Waals surface area contributed by atoms with Crippen molar-refractivity contribution in [1.29, 1.82) is 15.8 Å². The van der Waals surface area contributed by atoms with Crippen molar-refractivity contribution in [2.24, 2.45) is 0 Å². The summed E-state index contributed by atoms with van der Waals surface area (Å²) in [5.41, 5.74) is 1.08. The van der Waals surface area contributed by atoms with Crippen LogP contribution in [0.3, 0.4) is 0 Å². The first-order valence-electron chi connectivity index (χ1n) is 5.35. The predicted octanol–water partition coefficient (Wildman–Crippen LogP) is 2.47. The van der Waals surface area contributed by atoms with E-state index >= 15 is 0 Å². The lowest BCUT2D eigenvalue weighted by Gasteiger charge is -2.07. The van der Waals surface area contributed by atoms with Crippen LogP contribution in [0.1, 0.15) is 0 Å². The molecule has 2 aromatic rings. The van der Waals surface area contributed by atoms with Gasteiger partial charge in [-0.1, -0.05) is 6.07 Å². The van der Waals surface area contributed by atoms with E-state index in [0.29, 0.717) is 5.69 Å². The number of allylic oxidation sites excluding steroid dienone is 2. The van der Waals surface area contributed by atoms with Crippen molar-refractivity contribution in [2.75, 3.05) is 5.32 Å². The van der Waals surface area contributed by atoms with Crippen LogP contribution in [-0.2, 0) is 0 Å². The lowest BCUT2D eigenvalue weighted by atomic mass is 10.1. The van der Waals surface area contributed by atoms with Gasteiger partial charge in [-0.15, -0.1) is 0 Å². The Hall–Kier alpha value is -3.36. The minimum absolute atomic E-state index is 0.0682. The molecule has 0 radical (unpaired) electrons. The molecule has 0 saturated carbocycles. The molecule has 0 aliphatic rings. The number of hydrogen-bond donors (Lipinski definition) is 1. The lowest BCUT2D eigenvalue weighted by molar-refractivity contribution is 1.37. The summed E-state index contributed by atoms with van der Waals surface area (Å²) in [6.45, 7) is 0. The van der Waals surface area contributed by atoms with Gasteiger partial charge in [0.15, 0.2) is 5.57 Å². The molecule has 1 aromatic carbocycles. The van der Waals surface area contributed by atoms with E-state index in [1.807, 2.05) is 18.2 Å². The van der Waals surface area contributed by atoms with Gasteiger partial charge in [0.05, 0.1) is 5.52 Å². The Kier molecular flexibility index (Phi) is 3.39. The summed E-state index contributed by atoms with van der Waals surface area (Å²) in [6.07, 6.45) is 1.67. The van der Waals surface area contributed by atoms with E-state index in [-0.39, 0.29) is 11.3 Å². The summed E-state index contributed by atoms with van der Waals surface area (Å²) in [7, 11) is 0. The van der Waals surface area contributed by atoms with Crippen LogP contribution in [-0.4, -0.2) is 4.98 Å². The van der Waals surface area contributed by atoms with Gasteiger partial charge in [0, 0.05) is 17.3 Å². The summed E-state index contributed by atoms with van der Waals surface area (Å²) in [4.78, 5) is 4.19. The standard InChI is InChI=1S/C14H7N5/c15-7-10(8-16)14(9-17)19-13-5-1-4-12-11(13)3-2-6-18-12/h1-6,19H. The molecule has 0 aliphatic heterocycles. The van der Waals surface area contributed by atoms with Crippen LogP contribution >= 0.6 is 0 Å². The number of fused-ring (bicyclic) bond motifs is 1. The molecule has 5 nitrogen and oxygen atoms in total. The number of anilines is 1. The Labute approximate surface area is 109 Å². The lowest BCUT2D eigenvalue weighted by Crippen LogP contribution is -2.01. The molecule has 19 heavy (non-hydrogen) atoms. The van der Waals surface area contributed by atoms with Crippen molar-refractivity contribution in [3.05, 3.63) is 47.8 Å². The molecule has 0 saturated heterocycles. The fourth-order valence-electron chi connectivity index (χ4n) is 1.63. The van der Waals surface area contributed by atoms with Gasteiger partial charge in [-0.2, -0.15) is 15.8 Å². The molecule has 1 heterocycles. The SMILES string of the molecule is N#CC(C#N)=C(C#N)Nc1cccc2ncccc12. The van der Waals surface area contributed by atoms with Crippen LogP contribution in [0, 0.1) is 34.0 Å². The number of nitrogens with one attached hydrogen (secondary N) is 1. The van der Waals surface area contributed by atoms with Crippen molar-refractivity contribution in [1.82, 2.24) is 4.98 Å². The molecule has 0 atom stereocenters. The summed E-state index contributed by atoms with van der Waals surface area (Å²) in [5.74, 6) is 0. The Morgan fingerprint density at radius 2 is 1.79 bits per heavy atom. The maximum atomic E-state index is 9.00. The third-order valence-electron chi connectivity index (χ3n) is 2.49. The average Bonchev–Trinajstić information content (AvgIpc) is 2.47. The first kappa shape index (κ1) is 12.1. The molecule has 0 unspecified atom stereocenters. The predicted molar refractivity (Wildman–Crippen MR) is 69.2 cm³/mol. The van der Waals surface area contributed by atoms with Crippen LogP contribution in [0.4, 0.5) is 5.69 Å². The topological polar surface area (TPSA) is 96.3 Å². The number of nitriles is 3. The van der Waals surface area contributed by atoms with Crippen LogP contribution in [0.5, 0.6) is 0 Å².